The van der Waals surface area contributed by atoms with Gasteiger partial charge < -0.3 is 15.0 Å². The van der Waals surface area contributed by atoms with E-state index in [1.54, 1.807) is 39.6 Å². The number of H-pyrrole nitrogens is 1. The number of nitrogens with zero attached hydrogens (tertiary/aromatic N) is 7. The Hall–Kier alpha value is -4.94. The van der Waals surface area contributed by atoms with Gasteiger partial charge in [0, 0.05) is 49.9 Å². The number of methoxy groups -OCH3 is 1. The number of ether oxygens (including phenoxy) is 1. The van der Waals surface area contributed by atoms with Crippen LogP contribution in [-0.2, 0) is 25.4 Å². The highest BCUT2D eigenvalue weighted by atomic mass is 19.1. The first-order chi connectivity index (χ1) is 20.3. The van der Waals surface area contributed by atoms with Gasteiger partial charge in [-0.2, -0.15) is 9.49 Å². The second kappa shape index (κ2) is 9.57. The number of pyridine rings is 1. The standard InChI is InChI=1S/C29H30FN9O3/c1-5-38-14-19(26(30)35-38)24-22(15-6-9-20-16(10-15)12-32-37(20)3)23-25-21(13-31-27(23)34-24)36(2)29(41)39(25)18-8-7-17(11-18)33-28(40)42-4/h6,9-10,12-14,17-18H,5,7-8,11H2,1-4H3,(H,31,34)(H,33,40)/t17-,18-/m1/s1. The molecule has 0 bridgehead atoms. The number of fused-ring (bicyclic) bond motifs is 4. The molecule has 0 aliphatic heterocycles. The van der Waals surface area contributed by atoms with Crippen molar-refractivity contribution in [2.45, 2.75) is 44.8 Å². The Morgan fingerprint density at radius 3 is 2.81 bits per heavy atom. The van der Waals surface area contributed by atoms with Crippen LogP contribution in [0.15, 0.2) is 41.6 Å². The molecule has 1 aliphatic carbocycles. The van der Waals surface area contributed by atoms with Crippen LogP contribution in [0.5, 0.6) is 0 Å². The largest absolute Gasteiger partial charge is 0.453 e. The number of aryl methyl sites for hydroxylation is 3. The normalized spacial score (nSPS) is 17.2. The first-order valence-corrected chi connectivity index (χ1v) is 13.9. The number of halogens is 1. The van der Waals surface area contributed by atoms with Crippen molar-refractivity contribution in [3.63, 3.8) is 0 Å². The van der Waals surface area contributed by atoms with Crippen LogP contribution in [0.3, 0.4) is 0 Å². The van der Waals surface area contributed by atoms with Crippen LogP contribution in [0.1, 0.15) is 32.2 Å². The Morgan fingerprint density at radius 2 is 2.05 bits per heavy atom. The van der Waals surface area contributed by atoms with Crippen molar-refractivity contribution in [3.8, 4) is 22.4 Å². The lowest BCUT2D eigenvalue weighted by Crippen LogP contribution is -2.33. The summed E-state index contributed by atoms with van der Waals surface area (Å²) in [6, 6.07) is 5.70. The highest BCUT2D eigenvalue weighted by Gasteiger charge is 2.32. The molecular formula is C29H30FN9O3. The fourth-order valence-corrected chi connectivity index (χ4v) is 6.40. The molecule has 42 heavy (non-hydrogen) atoms. The molecule has 1 aromatic carbocycles. The number of benzene rings is 1. The molecule has 12 nitrogen and oxygen atoms in total. The predicted octanol–water partition coefficient (Wildman–Crippen LogP) is 4.24. The van der Waals surface area contributed by atoms with Gasteiger partial charge in [0.1, 0.15) is 5.65 Å². The number of amides is 1. The zero-order valence-corrected chi connectivity index (χ0v) is 23.7. The van der Waals surface area contributed by atoms with Crippen molar-refractivity contribution in [2.75, 3.05) is 7.11 Å². The second-order valence-corrected chi connectivity index (χ2v) is 10.8. The Kier molecular flexibility index (Phi) is 5.92. The zero-order valence-electron chi connectivity index (χ0n) is 23.7. The number of carbonyl (C=O) groups excluding carboxylic acids is 1. The Morgan fingerprint density at radius 1 is 1.21 bits per heavy atom. The summed E-state index contributed by atoms with van der Waals surface area (Å²) < 4.78 is 26.9. The molecule has 0 saturated heterocycles. The SMILES string of the molecule is CCn1cc(-c2[nH]c3ncc4c(c3c2-c2ccc3c(cnn3C)c2)n([C@@H]2CC[C@@H](NC(=O)OC)C2)c(=O)n4C)c(F)n1. The summed E-state index contributed by atoms with van der Waals surface area (Å²) in [5.41, 5.74) is 5.09. The third-order valence-corrected chi connectivity index (χ3v) is 8.49. The van der Waals surface area contributed by atoms with Gasteiger partial charge in [-0.1, -0.05) is 6.07 Å². The van der Waals surface area contributed by atoms with Crippen LogP contribution in [0.25, 0.3) is 55.4 Å². The van der Waals surface area contributed by atoms with Gasteiger partial charge in [-0.15, -0.1) is 5.10 Å². The topological polar surface area (TPSA) is 130 Å². The molecule has 13 heteroatoms. The summed E-state index contributed by atoms with van der Waals surface area (Å²) in [5, 5.41) is 13.0. The maximum atomic E-state index is 15.4. The van der Waals surface area contributed by atoms with Gasteiger partial charge in [0.25, 0.3) is 0 Å². The maximum absolute atomic E-state index is 15.4. The van der Waals surface area contributed by atoms with Crippen LogP contribution in [0.2, 0.25) is 0 Å². The van der Waals surface area contributed by atoms with E-state index in [0.29, 0.717) is 53.7 Å². The quantitative estimate of drug-likeness (QED) is 0.318. The number of imidazole rings is 1. The third kappa shape index (κ3) is 3.83. The number of hydrogen-bond acceptors (Lipinski definition) is 6. The molecule has 1 amide bonds. The van der Waals surface area contributed by atoms with Crippen molar-refractivity contribution < 1.29 is 13.9 Å². The van der Waals surface area contributed by atoms with Gasteiger partial charge in [-0.05, 0) is 43.9 Å². The van der Waals surface area contributed by atoms with Crippen molar-refractivity contribution in [2.24, 2.45) is 14.1 Å². The number of nitrogens with one attached hydrogen (secondary N) is 2. The zero-order chi connectivity index (χ0) is 29.3. The molecule has 0 radical (unpaired) electrons. The van der Waals surface area contributed by atoms with Crippen molar-refractivity contribution in [1.82, 2.24) is 44.0 Å². The maximum Gasteiger partial charge on any atom is 0.407 e. The van der Waals surface area contributed by atoms with Gasteiger partial charge in [0.05, 0.1) is 52.7 Å². The molecule has 7 rings (SSSR count). The Labute approximate surface area is 238 Å². The minimum absolute atomic E-state index is 0.120. The third-order valence-electron chi connectivity index (χ3n) is 8.49. The van der Waals surface area contributed by atoms with Gasteiger partial charge in [0.2, 0.25) is 5.95 Å². The van der Waals surface area contributed by atoms with E-state index in [2.05, 4.69) is 20.5 Å². The lowest BCUT2D eigenvalue weighted by Gasteiger charge is -2.15. The molecular weight excluding hydrogens is 541 g/mol. The van der Waals surface area contributed by atoms with Crippen LogP contribution in [-0.4, -0.2) is 57.9 Å². The lowest BCUT2D eigenvalue weighted by molar-refractivity contribution is 0.166. The average Bonchev–Trinajstić information content (AvgIpc) is 3.80. The van der Waals surface area contributed by atoms with E-state index in [1.807, 2.05) is 36.7 Å². The minimum Gasteiger partial charge on any atom is -0.453 e. The molecule has 2 atom stereocenters. The molecule has 0 unspecified atom stereocenters. The van der Waals surface area contributed by atoms with Gasteiger partial charge >= 0.3 is 11.8 Å². The first kappa shape index (κ1) is 26.0. The van der Waals surface area contributed by atoms with Crippen LogP contribution < -0.4 is 11.0 Å². The lowest BCUT2D eigenvalue weighted by atomic mass is 9.98. The molecule has 1 fully saturated rings. The van der Waals surface area contributed by atoms with Crippen LogP contribution in [0, 0.1) is 5.95 Å². The van der Waals surface area contributed by atoms with Crippen molar-refractivity contribution in [3.05, 3.63) is 53.2 Å². The van der Waals surface area contributed by atoms with Gasteiger partial charge in [0.15, 0.2) is 0 Å². The Bertz CT molecular complexity index is 2080. The number of aromatic nitrogens is 8. The summed E-state index contributed by atoms with van der Waals surface area (Å²) in [6.07, 6.45) is 6.64. The Balaban J connectivity index is 1.53. The molecule has 6 aromatic rings. The summed E-state index contributed by atoms with van der Waals surface area (Å²) in [5.74, 6) is -0.596. The fraction of sp³-hybridized carbons (Fsp3) is 0.345. The van der Waals surface area contributed by atoms with Crippen molar-refractivity contribution in [1.29, 1.82) is 0 Å². The molecule has 5 aromatic heterocycles. The van der Waals surface area contributed by atoms with Gasteiger partial charge in [-0.25, -0.2) is 14.6 Å². The van der Waals surface area contributed by atoms with E-state index in [1.165, 1.54) is 7.11 Å². The number of alkyl carbamates (subject to hydrolysis) is 1. The van der Waals surface area contributed by atoms with E-state index >= 15 is 4.39 Å². The first-order valence-electron chi connectivity index (χ1n) is 13.9. The summed E-state index contributed by atoms with van der Waals surface area (Å²) in [6.45, 7) is 2.41. The van der Waals surface area contributed by atoms with Crippen LogP contribution >= 0.6 is 0 Å². The molecule has 0 spiro atoms. The highest BCUT2D eigenvalue weighted by Crippen LogP contribution is 2.43. The molecule has 1 saturated carbocycles. The van der Waals surface area contributed by atoms with E-state index in [-0.39, 0.29) is 17.8 Å². The number of aromatic amines is 1. The van der Waals surface area contributed by atoms with E-state index < -0.39 is 12.0 Å². The van der Waals surface area contributed by atoms with Crippen molar-refractivity contribution >= 4 is 39.1 Å². The number of rotatable bonds is 5. The second-order valence-electron chi connectivity index (χ2n) is 10.8. The van der Waals surface area contributed by atoms with E-state index in [4.69, 9.17) is 9.72 Å². The summed E-state index contributed by atoms with van der Waals surface area (Å²) >= 11 is 0. The fourth-order valence-electron chi connectivity index (χ4n) is 6.40. The minimum atomic E-state index is -0.596. The average molecular weight is 572 g/mol. The predicted molar refractivity (Wildman–Crippen MR) is 156 cm³/mol. The van der Waals surface area contributed by atoms with Crippen LogP contribution in [0.4, 0.5) is 9.18 Å². The summed E-state index contributed by atoms with van der Waals surface area (Å²) in [7, 11) is 4.95. The van der Waals surface area contributed by atoms with E-state index in [0.717, 1.165) is 27.4 Å². The van der Waals surface area contributed by atoms with E-state index in [9.17, 15) is 9.59 Å². The monoisotopic (exact) mass is 571 g/mol. The number of hydrogen-bond donors (Lipinski definition) is 2. The smallest absolute Gasteiger partial charge is 0.407 e. The number of carbonyl (C=O) groups is 1. The molecule has 2 N–H and O–H groups in total. The highest BCUT2D eigenvalue weighted by molar-refractivity contribution is 6.14. The molecule has 1 aliphatic rings. The molecule has 216 valence electrons. The summed E-state index contributed by atoms with van der Waals surface area (Å²) in [4.78, 5) is 33.8. The van der Waals surface area contributed by atoms with Gasteiger partial charge in [-0.3, -0.25) is 18.5 Å². The molecule has 5 heterocycles.